The van der Waals surface area contributed by atoms with Gasteiger partial charge in [0.15, 0.2) is 5.95 Å². The van der Waals surface area contributed by atoms with E-state index in [1.165, 1.54) is 6.07 Å². The molecule has 1 aliphatic rings. The minimum Gasteiger partial charge on any atom is -0.369 e. The van der Waals surface area contributed by atoms with E-state index in [-0.39, 0.29) is 11.5 Å². The predicted octanol–water partition coefficient (Wildman–Crippen LogP) is 2.16. The molecule has 0 atom stereocenters. The molecule has 12 heteroatoms. The highest BCUT2D eigenvalue weighted by molar-refractivity contribution is 8.02. The van der Waals surface area contributed by atoms with Crippen LogP contribution < -0.4 is 16.2 Å². The maximum atomic E-state index is 14.3. The number of nitrogen functional groups attached to an aromatic ring is 1. The second-order valence-corrected chi connectivity index (χ2v) is 8.49. The van der Waals surface area contributed by atoms with Crippen molar-refractivity contribution >= 4 is 40.7 Å². The quantitative estimate of drug-likeness (QED) is 0.301. The molecule has 0 radical (unpaired) electrons. The number of tetrazole rings is 1. The highest BCUT2D eigenvalue weighted by Gasteiger charge is 2.25. The van der Waals surface area contributed by atoms with E-state index < -0.39 is 5.82 Å². The van der Waals surface area contributed by atoms with E-state index in [1.54, 1.807) is 17.8 Å². The number of aromatic nitrogens is 6. The van der Waals surface area contributed by atoms with E-state index in [2.05, 4.69) is 35.9 Å². The molecule has 0 amide bonds. The lowest BCUT2D eigenvalue weighted by Gasteiger charge is -2.27. The number of aromatic amines is 2. The Labute approximate surface area is 172 Å². The Balaban J connectivity index is 1.76. The molecule has 0 saturated carbocycles. The molecule has 5 rings (SSSR count). The summed E-state index contributed by atoms with van der Waals surface area (Å²) in [4.78, 5) is 8.93. The first kappa shape index (κ1) is 18.4. The zero-order chi connectivity index (χ0) is 20.0. The molecule has 29 heavy (non-hydrogen) atoms. The number of imidazole rings is 1. The van der Waals surface area contributed by atoms with Crippen molar-refractivity contribution < 1.29 is 4.39 Å². The van der Waals surface area contributed by atoms with Gasteiger partial charge in [0.2, 0.25) is 5.82 Å². The molecule has 9 nitrogen and oxygen atoms in total. The molecule has 7 N–H and O–H groups in total. The Morgan fingerprint density at radius 1 is 1.14 bits per heavy atom. The largest absolute Gasteiger partial charge is 0.369 e. The van der Waals surface area contributed by atoms with Crippen molar-refractivity contribution in [2.45, 2.75) is 15.0 Å². The summed E-state index contributed by atoms with van der Waals surface area (Å²) in [5.41, 5.74) is 8.66. The standard InChI is InChI=1S/C17H16FN9S2/c18-10-3-1-9(13-14(10)23-17(19)22-13)8-2-4-11(28-7-5-21-6-7)15(29-20)12(8)16-24-26-27-25-16/h1-4,7,21H,5-6,20H2,(H3,19,22,23)(H,24,25,26,27). The van der Waals surface area contributed by atoms with E-state index in [0.717, 1.165) is 46.0 Å². The zero-order valence-electron chi connectivity index (χ0n) is 14.9. The van der Waals surface area contributed by atoms with E-state index in [9.17, 15) is 4.39 Å². The van der Waals surface area contributed by atoms with Crippen LogP contribution in [-0.2, 0) is 0 Å². The number of nitrogens with one attached hydrogen (secondary N) is 3. The van der Waals surface area contributed by atoms with Crippen molar-refractivity contribution in [2.24, 2.45) is 5.14 Å². The summed E-state index contributed by atoms with van der Waals surface area (Å²) in [6, 6.07) is 7.03. The monoisotopic (exact) mass is 429 g/mol. The number of thioether (sulfide) groups is 1. The summed E-state index contributed by atoms with van der Waals surface area (Å²) in [7, 11) is 0. The number of nitrogens with two attached hydrogens (primary N) is 2. The van der Waals surface area contributed by atoms with Gasteiger partial charge in [0.25, 0.3) is 0 Å². The molecule has 148 valence electrons. The Morgan fingerprint density at radius 2 is 1.97 bits per heavy atom. The van der Waals surface area contributed by atoms with Gasteiger partial charge in [-0.05, 0) is 40.9 Å². The van der Waals surface area contributed by atoms with E-state index >= 15 is 0 Å². The van der Waals surface area contributed by atoms with Crippen molar-refractivity contribution in [1.82, 2.24) is 35.9 Å². The van der Waals surface area contributed by atoms with Crippen LogP contribution in [0.1, 0.15) is 0 Å². The van der Waals surface area contributed by atoms with Gasteiger partial charge in [0, 0.05) is 39.3 Å². The fourth-order valence-corrected chi connectivity index (χ4v) is 5.22. The maximum Gasteiger partial charge on any atom is 0.206 e. The second kappa shape index (κ2) is 7.30. The molecule has 3 heterocycles. The summed E-state index contributed by atoms with van der Waals surface area (Å²) >= 11 is 2.89. The van der Waals surface area contributed by atoms with Crippen LogP contribution in [0.2, 0.25) is 0 Å². The summed E-state index contributed by atoms with van der Waals surface area (Å²) in [5.74, 6) is 0.126. The lowest BCUT2D eigenvalue weighted by Crippen LogP contribution is -2.44. The van der Waals surface area contributed by atoms with E-state index in [0.29, 0.717) is 22.2 Å². The number of hydrogen-bond donors (Lipinski definition) is 5. The van der Waals surface area contributed by atoms with Crippen molar-refractivity contribution in [3.8, 4) is 22.5 Å². The highest BCUT2D eigenvalue weighted by atomic mass is 32.2. The van der Waals surface area contributed by atoms with Crippen molar-refractivity contribution in [3.63, 3.8) is 0 Å². The highest BCUT2D eigenvalue weighted by Crippen LogP contribution is 2.44. The Hall–Kier alpha value is -2.67. The summed E-state index contributed by atoms with van der Waals surface area (Å²) < 4.78 is 14.3. The third kappa shape index (κ3) is 3.13. The fraction of sp³-hybridized carbons (Fsp3) is 0.176. The molecular weight excluding hydrogens is 413 g/mol. The van der Waals surface area contributed by atoms with Gasteiger partial charge in [-0.1, -0.05) is 6.07 Å². The second-order valence-electron chi connectivity index (χ2n) is 6.51. The lowest BCUT2D eigenvalue weighted by atomic mass is 9.97. The summed E-state index contributed by atoms with van der Waals surface area (Å²) in [5, 5.41) is 24.4. The van der Waals surface area contributed by atoms with Gasteiger partial charge in [-0.25, -0.2) is 9.37 Å². The molecule has 2 aromatic heterocycles. The number of benzene rings is 2. The van der Waals surface area contributed by atoms with Gasteiger partial charge in [0.05, 0.1) is 0 Å². The number of hydrogen-bond acceptors (Lipinski definition) is 9. The van der Waals surface area contributed by atoms with Crippen LogP contribution in [0.5, 0.6) is 0 Å². The smallest absolute Gasteiger partial charge is 0.206 e. The number of nitrogens with zero attached hydrogens (tertiary/aromatic N) is 4. The van der Waals surface area contributed by atoms with Gasteiger partial charge >= 0.3 is 0 Å². The summed E-state index contributed by atoms with van der Waals surface area (Å²) in [6.45, 7) is 1.90. The Kier molecular flexibility index (Phi) is 4.62. The van der Waals surface area contributed by atoms with Crippen molar-refractivity contribution in [1.29, 1.82) is 0 Å². The molecule has 0 bridgehead atoms. The van der Waals surface area contributed by atoms with Crippen LogP contribution in [0, 0.1) is 5.82 Å². The number of halogens is 1. The number of H-pyrrole nitrogens is 2. The normalized spacial score (nSPS) is 14.4. The molecule has 1 fully saturated rings. The first-order chi connectivity index (χ1) is 14.2. The van der Waals surface area contributed by atoms with Gasteiger partial charge in [-0.2, -0.15) is 5.21 Å². The maximum absolute atomic E-state index is 14.3. The topological polar surface area (TPSA) is 147 Å². The first-order valence-electron chi connectivity index (χ1n) is 8.74. The molecule has 0 aliphatic carbocycles. The van der Waals surface area contributed by atoms with Crippen LogP contribution in [0.25, 0.3) is 33.5 Å². The molecular formula is C17H16FN9S2. The SMILES string of the molecule is NSc1c(SC2CNC2)ccc(-c2ccc(F)c3[nH]c(N)nc23)c1-c1nn[nH]n1. The minimum absolute atomic E-state index is 0.144. The van der Waals surface area contributed by atoms with E-state index in [4.69, 9.17) is 10.9 Å². The molecule has 1 saturated heterocycles. The zero-order valence-corrected chi connectivity index (χ0v) is 16.6. The molecule has 0 spiro atoms. The first-order valence-corrected chi connectivity index (χ1v) is 10.5. The van der Waals surface area contributed by atoms with Gasteiger partial charge in [-0.3, -0.25) is 5.14 Å². The number of rotatable bonds is 5. The summed E-state index contributed by atoms with van der Waals surface area (Å²) in [6.07, 6.45) is 0. The third-order valence-corrected chi connectivity index (χ3v) is 6.80. The van der Waals surface area contributed by atoms with Gasteiger partial charge < -0.3 is 16.0 Å². The van der Waals surface area contributed by atoms with E-state index in [1.807, 2.05) is 12.1 Å². The van der Waals surface area contributed by atoms with Crippen LogP contribution in [0.3, 0.4) is 0 Å². The van der Waals surface area contributed by atoms with Crippen LogP contribution >= 0.6 is 23.7 Å². The van der Waals surface area contributed by atoms with Crippen molar-refractivity contribution in [2.75, 3.05) is 18.8 Å². The van der Waals surface area contributed by atoms with Crippen molar-refractivity contribution in [3.05, 3.63) is 30.1 Å². The molecule has 0 unspecified atom stereocenters. The fourth-order valence-electron chi connectivity index (χ4n) is 3.31. The Bertz CT molecular complexity index is 1190. The molecule has 4 aromatic rings. The number of fused-ring (bicyclic) bond motifs is 1. The number of anilines is 1. The third-order valence-electron chi connectivity index (χ3n) is 4.75. The average Bonchev–Trinajstić information content (AvgIpc) is 3.34. The molecule has 1 aliphatic heterocycles. The van der Waals surface area contributed by atoms with Gasteiger partial charge in [-0.15, -0.1) is 22.0 Å². The minimum atomic E-state index is -0.424. The Morgan fingerprint density at radius 3 is 2.66 bits per heavy atom. The van der Waals surface area contributed by atoms with Crippen LogP contribution in [-0.4, -0.2) is 48.9 Å². The molecule has 2 aromatic carbocycles. The van der Waals surface area contributed by atoms with Crippen LogP contribution in [0.4, 0.5) is 10.3 Å². The predicted molar refractivity (Wildman–Crippen MR) is 112 cm³/mol. The van der Waals surface area contributed by atoms with Crippen LogP contribution in [0.15, 0.2) is 34.1 Å². The average molecular weight is 430 g/mol. The lowest BCUT2D eigenvalue weighted by molar-refractivity contribution is 0.543. The van der Waals surface area contributed by atoms with Gasteiger partial charge in [0.1, 0.15) is 16.9 Å².